The zero-order valence-electron chi connectivity index (χ0n) is 18.2. The summed E-state index contributed by atoms with van der Waals surface area (Å²) < 4.78 is 10.6. The molecule has 1 aromatic carbocycles. The normalized spacial score (nSPS) is 20.4. The van der Waals surface area contributed by atoms with Gasteiger partial charge in [0.15, 0.2) is 17.5 Å². The van der Waals surface area contributed by atoms with Gasteiger partial charge in [-0.15, -0.1) is 0 Å². The lowest BCUT2D eigenvalue weighted by atomic mass is 9.80. The summed E-state index contributed by atoms with van der Waals surface area (Å²) in [6, 6.07) is 10.4. The third-order valence-electron chi connectivity index (χ3n) is 6.57. The summed E-state index contributed by atoms with van der Waals surface area (Å²) in [6.45, 7) is 1.96. The average Bonchev–Trinajstić information content (AvgIpc) is 3.54. The molecule has 0 radical (unpaired) electrons. The molecule has 2 aliphatic rings. The van der Waals surface area contributed by atoms with Gasteiger partial charge in [-0.1, -0.05) is 54.8 Å². The van der Waals surface area contributed by atoms with E-state index in [-0.39, 0.29) is 18.3 Å². The van der Waals surface area contributed by atoms with E-state index in [2.05, 4.69) is 15.4 Å². The Morgan fingerprint density at radius 1 is 1.12 bits per heavy atom. The Hall–Kier alpha value is -2.71. The second-order valence-electron chi connectivity index (χ2n) is 8.74. The summed E-state index contributed by atoms with van der Waals surface area (Å²) in [7, 11) is 0. The Morgan fingerprint density at radius 3 is 2.50 bits per heavy atom. The molecular formula is C24H31N3O5. The SMILES string of the molecule is O=C(Nc1ccon1)C(CN1CCCCC1)OC(=O)C(O)(c1ccccc1)C1CCCC1. The number of nitrogens with one attached hydrogen (secondary N) is 1. The highest BCUT2D eigenvalue weighted by molar-refractivity contribution is 5.95. The molecule has 2 heterocycles. The Bertz CT molecular complexity index is 876. The number of carbonyl (C=O) groups is 2. The van der Waals surface area contributed by atoms with Crippen LogP contribution >= 0.6 is 0 Å². The maximum atomic E-state index is 13.5. The second-order valence-corrected chi connectivity index (χ2v) is 8.74. The average molecular weight is 442 g/mol. The number of anilines is 1. The van der Waals surface area contributed by atoms with E-state index in [0.29, 0.717) is 5.56 Å². The van der Waals surface area contributed by atoms with Crippen LogP contribution in [0.2, 0.25) is 0 Å². The minimum Gasteiger partial charge on any atom is -0.448 e. The molecule has 1 amide bonds. The van der Waals surface area contributed by atoms with Crippen molar-refractivity contribution in [3.05, 3.63) is 48.2 Å². The van der Waals surface area contributed by atoms with Gasteiger partial charge in [0.25, 0.3) is 5.91 Å². The van der Waals surface area contributed by atoms with E-state index in [1.807, 2.05) is 6.07 Å². The lowest BCUT2D eigenvalue weighted by Gasteiger charge is -2.35. The summed E-state index contributed by atoms with van der Waals surface area (Å²) in [4.78, 5) is 28.7. The fraction of sp³-hybridized carbons (Fsp3) is 0.542. The first-order valence-electron chi connectivity index (χ1n) is 11.5. The number of amides is 1. The van der Waals surface area contributed by atoms with Crippen LogP contribution < -0.4 is 5.32 Å². The number of hydrogen-bond acceptors (Lipinski definition) is 7. The molecule has 2 aromatic rings. The van der Waals surface area contributed by atoms with Crippen molar-refractivity contribution < 1.29 is 24.0 Å². The number of aliphatic hydroxyl groups is 1. The number of hydrogen-bond donors (Lipinski definition) is 2. The van der Waals surface area contributed by atoms with Gasteiger partial charge in [-0.05, 0) is 44.3 Å². The zero-order valence-corrected chi connectivity index (χ0v) is 18.2. The molecule has 2 unspecified atom stereocenters. The maximum Gasteiger partial charge on any atom is 0.343 e. The van der Waals surface area contributed by atoms with Gasteiger partial charge in [-0.25, -0.2) is 4.79 Å². The molecular weight excluding hydrogens is 410 g/mol. The van der Waals surface area contributed by atoms with Crippen LogP contribution in [0.4, 0.5) is 5.82 Å². The lowest BCUT2D eigenvalue weighted by molar-refractivity contribution is -0.181. The third kappa shape index (κ3) is 5.02. The van der Waals surface area contributed by atoms with Crippen molar-refractivity contribution in [3.8, 4) is 0 Å². The molecule has 1 aliphatic heterocycles. The van der Waals surface area contributed by atoms with Gasteiger partial charge in [0, 0.05) is 18.5 Å². The van der Waals surface area contributed by atoms with Crippen molar-refractivity contribution in [1.29, 1.82) is 0 Å². The van der Waals surface area contributed by atoms with Crippen LogP contribution in [0, 0.1) is 5.92 Å². The largest absolute Gasteiger partial charge is 0.448 e. The summed E-state index contributed by atoms with van der Waals surface area (Å²) in [6.07, 6.45) is 6.91. The van der Waals surface area contributed by atoms with E-state index < -0.39 is 23.6 Å². The molecule has 2 N–H and O–H groups in total. The number of carbonyl (C=O) groups excluding carboxylic acids is 2. The quantitative estimate of drug-likeness (QED) is 0.607. The van der Waals surface area contributed by atoms with Gasteiger partial charge in [-0.2, -0.15) is 0 Å². The van der Waals surface area contributed by atoms with Crippen LogP contribution in [-0.4, -0.2) is 52.8 Å². The highest BCUT2D eigenvalue weighted by Crippen LogP contribution is 2.41. The van der Waals surface area contributed by atoms with Gasteiger partial charge in [0.05, 0.1) is 0 Å². The first-order valence-corrected chi connectivity index (χ1v) is 11.5. The van der Waals surface area contributed by atoms with E-state index in [9.17, 15) is 14.7 Å². The van der Waals surface area contributed by atoms with Gasteiger partial charge < -0.3 is 19.7 Å². The minimum atomic E-state index is -1.79. The second kappa shape index (κ2) is 10.3. The van der Waals surface area contributed by atoms with Crippen molar-refractivity contribution >= 4 is 17.7 Å². The van der Waals surface area contributed by atoms with Gasteiger partial charge in [0.1, 0.15) is 6.26 Å². The number of aromatic nitrogens is 1. The van der Waals surface area contributed by atoms with E-state index in [1.165, 1.54) is 12.3 Å². The van der Waals surface area contributed by atoms with Crippen molar-refractivity contribution in [2.45, 2.75) is 56.7 Å². The maximum absolute atomic E-state index is 13.5. The van der Waals surface area contributed by atoms with Crippen molar-refractivity contribution in [3.63, 3.8) is 0 Å². The van der Waals surface area contributed by atoms with Crippen molar-refractivity contribution in [1.82, 2.24) is 10.1 Å². The number of nitrogens with zero attached hydrogens (tertiary/aromatic N) is 2. The number of rotatable bonds is 8. The first-order chi connectivity index (χ1) is 15.6. The summed E-state index contributed by atoms with van der Waals surface area (Å²) in [5, 5.41) is 18.1. The smallest absolute Gasteiger partial charge is 0.343 e. The molecule has 4 rings (SSSR count). The number of ether oxygens (including phenoxy) is 1. The molecule has 1 saturated carbocycles. The summed E-state index contributed by atoms with van der Waals surface area (Å²) >= 11 is 0. The van der Waals surface area contributed by atoms with Gasteiger partial charge >= 0.3 is 5.97 Å². The number of benzene rings is 1. The number of esters is 1. The van der Waals surface area contributed by atoms with Crippen LogP contribution in [-0.2, 0) is 19.9 Å². The molecule has 1 aliphatic carbocycles. The van der Waals surface area contributed by atoms with E-state index in [0.717, 1.165) is 58.0 Å². The van der Waals surface area contributed by atoms with Crippen LogP contribution in [0.5, 0.6) is 0 Å². The predicted molar refractivity (Wildman–Crippen MR) is 118 cm³/mol. The highest BCUT2D eigenvalue weighted by atomic mass is 16.6. The fourth-order valence-corrected chi connectivity index (χ4v) is 4.81. The third-order valence-corrected chi connectivity index (χ3v) is 6.57. The molecule has 2 atom stereocenters. The highest BCUT2D eigenvalue weighted by Gasteiger charge is 2.49. The fourth-order valence-electron chi connectivity index (χ4n) is 4.81. The van der Waals surface area contributed by atoms with E-state index in [1.54, 1.807) is 24.3 Å². The monoisotopic (exact) mass is 441 g/mol. The van der Waals surface area contributed by atoms with E-state index >= 15 is 0 Å². The molecule has 2 fully saturated rings. The standard InChI is InChI=1S/C24H31N3O5/c28-22(25-21-13-16-31-26-21)20(17-27-14-7-2-8-15-27)32-23(29)24(30,19-11-5-6-12-19)18-9-3-1-4-10-18/h1,3-4,9-10,13,16,19-20,30H,2,5-8,11-12,14-15,17H2,(H,25,26,28). The van der Waals surface area contributed by atoms with Gasteiger partial charge in [-0.3, -0.25) is 9.69 Å². The molecule has 1 saturated heterocycles. The Morgan fingerprint density at radius 2 is 1.84 bits per heavy atom. The summed E-state index contributed by atoms with van der Waals surface area (Å²) in [5.74, 6) is -1.25. The van der Waals surface area contributed by atoms with Crippen molar-refractivity contribution in [2.24, 2.45) is 5.92 Å². The van der Waals surface area contributed by atoms with E-state index in [4.69, 9.17) is 9.26 Å². The predicted octanol–water partition coefficient (Wildman–Crippen LogP) is 3.09. The molecule has 8 heteroatoms. The topological polar surface area (TPSA) is 105 Å². The first kappa shape index (κ1) is 22.5. The van der Waals surface area contributed by atoms with Crippen LogP contribution in [0.1, 0.15) is 50.5 Å². The molecule has 32 heavy (non-hydrogen) atoms. The lowest BCUT2D eigenvalue weighted by Crippen LogP contribution is -2.50. The minimum absolute atomic E-state index is 0.244. The van der Waals surface area contributed by atoms with Crippen LogP contribution in [0.3, 0.4) is 0 Å². The Balaban J connectivity index is 1.56. The van der Waals surface area contributed by atoms with Gasteiger partial charge in [0.2, 0.25) is 0 Å². The van der Waals surface area contributed by atoms with Crippen LogP contribution in [0.15, 0.2) is 47.2 Å². The molecule has 0 spiro atoms. The molecule has 0 bridgehead atoms. The zero-order chi connectivity index (χ0) is 22.4. The number of likely N-dealkylation sites (tertiary alicyclic amines) is 1. The number of piperidine rings is 1. The molecule has 172 valence electrons. The molecule has 8 nitrogen and oxygen atoms in total. The van der Waals surface area contributed by atoms with Crippen LogP contribution in [0.25, 0.3) is 0 Å². The Labute approximate surface area is 187 Å². The molecule has 1 aromatic heterocycles. The Kier molecular flexibility index (Phi) is 7.22. The van der Waals surface area contributed by atoms with Crippen molar-refractivity contribution in [2.75, 3.05) is 25.0 Å². The summed E-state index contributed by atoms with van der Waals surface area (Å²) in [5.41, 5.74) is -1.28.